The van der Waals surface area contributed by atoms with Crippen molar-refractivity contribution >= 4 is 0 Å². The minimum atomic E-state index is 1.02. The molecule has 2 aliphatic rings. The van der Waals surface area contributed by atoms with Crippen LogP contribution in [0.1, 0.15) is 51.4 Å². The highest BCUT2D eigenvalue weighted by molar-refractivity contribution is 4.75. The zero-order valence-corrected chi connectivity index (χ0v) is 9.67. The van der Waals surface area contributed by atoms with E-state index < -0.39 is 0 Å². The van der Waals surface area contributed by atoms with Crippen LogP contribution in [0.2, 0.25) is 0 Å². The lowest BCUT2D eigenvalue weighted by Gasteiger charge is -2.33. The van der Waals surface area contributed by atoms with E-state index >= 15 is 0 Å². The van der Waals surface area contributed by atoms with E-state index in [-0.39, 0.29) is 0 Å². The van der Waals surface area contributed by atoms with E-state index in [0.29, 0.717) is 0 Å². The number of hydrogen-bond donors (Lipinski definition) is 0. The molecule has 0 spiro atoms. The second kappa shape index (κ2) is 5.16. The van der Waals surface area contributed by atoms with E-state index in [9.17, 15) is 0 Å². The van der Waals surface area contributed by atoms with Crippen molar-refractivity contribution in [2.24, 2.45) is 11.8 Å². The quantitative estimate of drug-likeness (QED) is 0.653. The summed E-state index contributed by atoms with van der Waals surface area (Å²) in [6.07, 6.45) is 12.0. The minimum absolute atomic E-state index is 1.02. The first-order valence-corrected chi connectivity index (χ1v) is 6.53. The van der Waals surface area contributed by atoms with Crippen LogP contribution in [-0.2, 0) is 0 Å². The molecule has 0 aromatic heterocycles. The molecule has 0 aromatic rings. The molecule has 1 nitrogen and oxygen atoms in total. The second-order valence-corrected chi connectivity index (χ2v) is 5.51. The highest BCUT2D eigenvalue weighted by Gasteiger charge is 2.22. The number of nitrogens with zero attached hydrogens (tertiary/aromatic N) is 1. The van der Waals surface area contributed by atoms with Gasteiger partial charge in [0.25, 0.3) is 0 Å². The van der Waals surface area contributed by atoms with Gasteiger partial charge in [0.05, 0.1) is 0 Å². The molecule has 0 aromatic carbocycles. The van der Waals surface area contributed by atoms with Gasteiger partial charge in [-0.2, -0.15) is 0 Å². The molecule has 2 fully saturated rings. The van der Waals surface area contributed by atoms with E-state index in [0.717, 1.165) is 11.8 Å². The summed E-state index contributed by atoms with van der Waals surface area (Å²) >= 11 is 0. The van der Waals surface area contributed by atoms with Crippen LogP contribution in [0, 0.1) is 11.8 Å². The molecule has 1 atom stereocenters. The third-order valence-electron chi connectivity index (χ3n) is 4.11. The fraction of sp³-hybridized carbons (Fsp3) is 1.00. The van der Waals surface area contributed by atoms with Crippen LogP contribution in [0.15, 0.2) is 0 Å². The predicted octanol–water partition coefficient (Wildman–Crippen LogP) is 3.30. The van der Waals surface area contributed by atoms with Crippen LogP contribution in [0.25, 0.3) is 0 Å². The van der Waals surface area contributed by atoms with Gasteiger partial charge in [-0.15, -0.1) is 0 Å². The summed E-state index contributed by atoms with van der Waals surface area (Å²) in [6, 6.07) is 0. The average molecular weight is 195 g/mol. The topological polar surface area (TPSA) is 3.24 Å². The molecule has 0 radical (unpaired) electrons. The molecule has 1 unspecified atom stereocenters. The Kier molecular flexibility index (Phi) is 3.86. The summed E-state index contributed by atoms with van der Waals surface area (Å²) in [5.41, 5.74) is 0. The molecule has 82 valence electrons. The Morgan fingerprint density at radius 1 is 0.929 bits per heavy atom. The average Bonchev–Trinajstić information content (AvgIpc) is 2.19. The van der Waals surface area contributed by atoms with Crippen molar-refractivity contribution in [2.45, 2.75) is 51.4 Å². The Labute approximate surface area is 88.9 Å². The van der Waals surface area contributed by atoms with Crippen molar-refractivity contribution in [2.75, 3.05) is 20.1 Å². The third-order valence-corrected chi connectivity index (χ3v) is 4.11. The van der Waals surface area contributed by atoms with Crippen LogP contribution < -0.4 is 0 Å². The summed E-state index contributed by atoms with van der Waals surface area (Å²) in [5, 5.41) is 0. The number of hydrogen-bond acceptors (Lipinski definition) is 1. The molecule has 14 heavy (non-hydrogen) atoms. The van der Waals surface area contributed by atoms with Gasteiger partial charge < -0.3 is 4.90 Å². The van der Waals surface area contributed by atoms with Crippen LogP contribution in [0.5, 0.6) is 0 Å². The largest absolute Gasteiger partial charge is 0.306 e. The summed E-state index contributed by atoms with van der Waals surface area (Å²) < 4.78 is 0. The normalized spacial score (nSPS) is 31.9. The smallest absolute Gasteiger partial charge is 0.000672 e. The number of rotatable bonds is 2. The minimum Gasteiger partial charge on any atom is -0.306 e. The monoisotopic (exact) mass is 195 g/mol. The van der Waals surface area contributed by atoms with Crippen LogP contribution in [0.3, 0.4) is 0 Å². The van der Waals surface area contributed by atoms with Gasteiger partial charge in [-0.25, -0.2) is 0 Å². The fourth-order valence-corrected chi connectivity index (χ4v) is 3.36. The molecule has 1 aliphatic carbocycles. The molecule has 0 amide bonds. The lowest BCUT2D eigenvalue weighted by Crippen LogP contribution is -2.33. The van der Waals surface area contributed by atoms with Gasteiger partial charge in [-0.3, -0.25) is 0 Å². The highest BCUT2D eigenvalue weighted by Crippen LogP contribution is 2.31. The van der Waals surface area contributed by atoms with Gasteiger partial charge in [0.1, 0.15) is 0 Å². The molecular weight excluding hydrogens is 170 g/mol. The van der Waals surface area contributed by atoms with Crippen LogP contribution in [0.4, 0.5) is 0 Å². The first-order chi connectivity index (χ1) is 6.84. The lowest BCUT2D eigenvalue weighted by atomic mass is 9.80. The first kappa shape index (κ1) is 10.5. The molecule has 1 heterocycles. The van der Waals surface area contributed by atoms with Gasteiger partial charge in [0, 0.05) is 6.54 Å². The van der Waals surface area contributed by atoms with Crippen LogP contribution >= 0.6 is 0 Å². The maximum atomic E-state index is 2.52. The molecular formula is C13H25N. The van der Waals surface area contributed by atoms with E-state index in [1.807, 2.05) is 0 Å². The van der Waals surface area contributed by atoms with Crippen molar-refractivity contribution in [3.63, 3.8) is 0 Å². The Hall–Kier alpha value is -0.0400. The molecule has 0 bridgehead atoms. The maximum absolute atomic E-state index is 2.52. The van der Waals surface area contributed by atoms with E-state index in [4.69, 9.17) is 0 Å². The lowest BCUT2D eigenvalue weighted by molar-refractivity contribution is 0.171. The van der Waals surface area contributed by atoms with Crippen molar-refractivity contribution < 1.29 is 0 Å². The fourth-order valence-electron chi connectivity index (χ4n) is 3.36. The SMILES string of the molecule is CN1CCCC(CC2CCCCC2)C1. The van der Waals surface area contributed by atoms with E-state index in [2.05, 4.69) is 11.9 Å². The molecule has 0 N–H and O–H groups in total. The van der Waals surface area contributed by atoms with Crippen LogP contribution in [-0.4, -0.2) is 25.0 Å². The van der Waals surface area contributed by atoms with Gasteiger partial charge in [0.2, 0.25) is 0 Å². The summed E-state index contributed by atoms with van der Waals surface area (Å²) in [6.45, 7) is 2.71. The third kappa shape index (κ3) is 2.98. The van der Waals surface area contributed by atoms with Gasteiger partial charge >= 0.3 is 0 Å². The summed E-state index contributed by atoms with van der Waals surface area (Å²) in [4.78, 5) is 2.52. The summed E-state index contributed by atoms with van der Waals surface area (Å²) in [5.74, 6) is 2.11. The molecule has 1 heteroatoms. The Bertz CT molecular complexity index is 161. The predicted molar refractivity (Wildman–Crippen MR) is 61.4 cm³/mol. The Morgan fingerprint density at radius 2 is 1.64 bits per heavy atom. The van der Waals surface area contributed by atoms with Gasteiger partial charge in [0.15, 0.2) is 0 Å². The van der Waals surface area contributed by atoms with Crippen molar-refractivity contribution in [3.8, 4) is 0 Å². The number of likely N-dealkylation sites (tertiary alicyclic amines) is 1. The molecule has 1 aliphatic heterocycles. The zero-order valence-electron chi connectivity index (χ0n) is 9.67. The van der Waals surface area contributed by atoms with Gasteiger partial charge in [-0.1, -0.05) is 32.1 Å². The van der Waals surface area contributed by atoms with E-state index in [1.165, 1.54) is 64.5 Å². The second-order valence-electron chi connectivity index (χ2n) is 5.51. The van der Waals surface area contributed by atoms with E-state index in [1.54, 1.807) is 0 Å². The molecule has 1 saturated heterocycles. The molecule has 1 saturated carbocycles. The summed E-state index contributed by atoms with van der Waals surface area (Å²) in [7, 11) is 2.28. The standard InChI is InChI=1S/C13H25N/c1-14-9-5-8-13(11-14)10-12-6-3-2-4-7-12/h12-13H,2-11H2,1H3. The van der Waals surface area contributed by atoms with Crippen molar-refractivity contribution in [1.82, 2.24) is 4.90 Å². The zero-order chi connectivity index (χ0) is 9.80. The van der Waals surface area contributed by atoms with Gasteiger partial charge in [-0.05, 0) is 44.7 Å². The Balaban J connectivity index is 1.72. The maximum Gasteiger partial charge on any atom is 0.000672 e. The highest BCUT2D eigenvalue weighted by atomic mass is 15.1. The molecule has 2 rings (SSSR count). The first-order valence-electron chi connectivity index (χ1n) is 6.53. The van der Waals surface area contributed by atoms with Crippen molar-refractivity contribution in [3.05, 3.63) is 0 Å². The Morgan fingerprint density at radius 3 is 2.36 bits per heavy atom. The van der Waals surface area contributed by atoms with Crippen molar-refractivity contribution in [1.29, 1.82) is 0 Å². The number of piperidine rings is 1.